The van der Waals surface area contributed by atoms with Gasteiger partial charge in [0.1, 0.15) is 0 Å². The minimum atomic E-state index is 0.0241. The molecule has 0 heterocycles. The average Bonchev–Trinajstić information content (AvgIpc) is 2.42. The normalized spacial score (nSPS) is 11.1. The summed E-state index contributed by atoms with van der Waals surface area (Å²) in [6, 6.07) is 7.68. The number of nitrogens with zero attached hydrogens (tertiary/aromatic N) is 1. The van der Waals surface area contributed by atoms with Crippen molar-refractivity contribution in [2.45, 2.75) is 32.7 Å². The third kappa shape index (κ3) is 7.11. The van der Waals surface area contributed by atoms with E-state index in [1.165, 1.54) is 0 Å². The molecule has 0 aliphatic heterocycles. The zero-order chi connectivity index (χ0) is 15.7. The first-order chi connectivity index (χ1) is 10.0. The second-order valence-electron chi connectivity index (χ2n) is 5.40. The fourth-order valence-corrected chi connectivity index (χ4v) is 2.12. The highest BCUT2D eigenvalue weighted by Gasteiger charge is 2.10. The Morgan fingerprint density at radius 2 is 2.14 bits per heavy atom. The molecular formula is C16H27N3O2. The van der Waals surface area contributed by atoms with Crippen molar-refractivity contribution in [2.75, 3.05) is 37.9 Å². The van der Waals surface area contributed by atoms with Gasteiger partial charge >= 0.3 is 0 Å². The van der Waals surface area contributed by atoms with Gasteiger partial charge in [0.15, 0.2) is 0 Å². The quantitative estimate of drug-likeness (QED) is 0.686. The van der Waals surface area contributed by atoms with Crippen LogP contribution in [0.15, 0.2) is 24.3 Å². The van der Waals surface area contributed by atoms with Gasteiger partial charge in [-0.2, -0.15) is 0 Å². The van der Waals surface area contributed by atoms with Gasteiger partial charge in [0.05, 0.1) is 6.61 Å². The minimum absolute atomic E-state index is 0.0241. The molecule has 1 aromatic carbocycles. The van der Waals surface area contributed by atoms with Gasteiger partial charge in [0.25, 0.3) is 0 Å². The molecule has 5 heteroatoms. The highest BCUT2D eigenvalue weighted by molar-refractivity contribution is 5.91. The molecule has 0 spiro atoms. The number of carbonyl (C=O) groups excluding carboxylic acids is 1. The van der Waals surface area contributed by atoms with E-state index in [1.54, 1.807) is 19.2 Å². The lowest BCUT2D eigenvalue weighted by atomic mass is 10.2. The molecule has 0 fully saturated rings. The molecule has 0 atom stereocenters. The molecule has 0 unspecified atom stereocenters. The minimum Gasteiger partial charge on any atom is -0.399 e. The van der Waals surface area contributed by atoms with Gasteiger partial charge in [-0.15, -0.1) is 0 Å². The Balaban J connectivity index is 2.32. The summed E-state index contributed by atoms with van der Waals surface area (Å²) in [6.45, 7) is 6.81. The van der Waals surface area contributed by atoms with E-state index in [0.717, 1.165) is 25.2 Å². The Morgan fingerprint density at radius 1 is 1.38 bits per heavy atom. The van der Waals surface area contributed by atoms with Crippen molar-refractivity contribution in [3.05, 3.63) is 24.3 Å². The molecular weight excluding hydrogens is 266 g/mol. The van der Waals surface area contributed by atoms with Crippen molar-refractivity contribution < 1.29 is 9.53 Å². The summed E-state index contributed by atoms with van der Waals surface area (Å²) in [5, 5.41) is 2.87. The van der Waals surface area contributed by atoms with Crippen molar-refractivity contribution in [3.8, 4) is 0 Å². The summed E-state index contributed by atoms with van der Waals surface area (Å²) >= 11 is 0. The van der Waals surface area contributed by atoms with Crippen LogP contribution < -0.4 is 11.1 Å². The molecule has 21 heavy (non-hydrogen) atoms. The molecule has 5 nitrogen and oxygen atoms in total. The average molecular weight is 293 g/mol. The topological polar surface area (TPSA) is 67.6 Å². The molecule has 0 aromatic heterocycles. The molecule has 0 aliphatic rings. The number of carbonyl (C=O) groups is 1. The van der Waals surface area contributed by atoms with Crippen LogP contribution in [-0.4, -0.2) is 43.7 Å². The van der Waals surface area contributed by atoms with E-state index in [0.29, 0.717) is 24.8 Å². The molecule has 0 bridgehead atoms. The lowest BCUT2D eigenvalue weighted by Gasteiger charge is -2.25. The van der Waals surface area contributed by atoms with Gasteiger partial charge in [-0.1, -0.05) is 6.07 Å². The van der Waals surface area contributed by atoms with Crippen LogP contribution in [0.4, 0.5) is 11.4 Å². The second-order valence-corrected chi connectivity index (χ2v) is 5.40. The van der Waals surface area contributed by atoms with Crippen molar-refractivity contribution in [2.24, 2.45) is 0 Å². The van der Waals surface area contributed by atoms with Crippen molar-refractivity contribution in [1.82, 2.24) is 4.90 Å². The van der Waals surface area contributed by atoms with Crippen LogP contribution in [0.2, 0.25) is 0 Å². The van der Waals surface area contributed by atoms with E-state index < -0.39 is 0 Å². The first-order valence-corrected chi connectivity index (χ1v) is 7.41. The zero-order valence-electron chi connectivity index (χ0n) is 13.3. The molecule has 1 amide bonds. The first-order valence-electron chi connectivity index (χ1n) is 7.41. The monoisotopic (exact) mass is 293 g/mol. The van der Waals surface area contributed by atoms with E-state index in [9.17, 15) is 4.79 Å². The van der Waals surface area contributed by atoms with Crippen LogP contribution in [0.3, 0.4) is 0 Å². The van der Waals surface area contributed by atoms with E-state index in [4.69, 9.17) is 10.5 Å². The molecule has 1 aromatic rings. The number of amides is 1. The van der Waals surface area contributed by atoms with E-state index >= 15 is 0 Å². The fraction of sp³-hybridized carbons (Fsp3) is 0.562. The molecule has 0 radical (unpaired) electrons. The van der Waals surface area contributed by atoms with Crippen molar-refractivity contribution in [3.63, 3.8) is 0 Å². The Labute approximate surface area is 127 Å². The highest BCUT2D eigenvalue weighted by Crippen LogP contribution is 2.12. The number of rotatable bonds is 9. The van der Waals surface area contributed by atoms with Crippen LogP contribution in [0.25, 0.3) is 0 Å². The van der Waals surface area contributed by atoms with Gasteiger partial charge in [0.2, 0.25) is 5.91 Å². The maximum atomic E-state index is 11.9. The summed E-state index contributed by atoms with van der Waals surface area (Å²) in [7, 11) is 1.71. The van der Waals surface area contributed by atoms with Crippen molar-refractivity contribution in [1.29, 1.82) is 0 Å². The number of anilines is 2. The third-order valence-corrected chi connectivity index (χ3v) is 3.33. The third-order valence-electron chi connectivity index (χ3n) is 3.33. The maximum absolute atomic E-state index is 11.9. The highest BCUT2D eigenvalue weighted by atomic mass is 16.5. The SMILES string of the molecule is COCCN(CCCC(=O)Nc1cccc(N)c1)C(C)C. The number of hydrogen-bond acceptors (Lipinski definition) is 4. The zero-order valence-corrected chi connectivity index (χ0v) is 13.3. The van der Waals surface area contributed by atoms with E-state index in [1.807, 2.05) is 12.1 Å². The van der Waals surface area contributed by atoms with Crippen molar-refractivity contribution >= 4 is 17.3 Å². The van der Waals surface area contributed by atoms with Crippen LogP contribution in [-0.2, 0) is 9.53 Å². The van der Waals surface area contributed by atoms with Crippen LogP contribution in [0.5, 0.6) is 0 Å². The maximum Gasteiger partial charge on any atom is 0.224 e. The summed E-state index contributed by atoms with van der Waals surface area (Å²) in [5.74, 6) is 0.0241. The number of nitrogens with one attached hydrogen (secondary N) is 1. The molecule has 0 aliphatic carbocycles. The summed E-state index contributed by atoms with van der Waals surface area (Å²) in [4.78, 5) is 14.2. The van der Waals surface area contributed by atoms with E-state index in [2.05, 4.69) is 24.1 Å². The smallest absolute Gasteiger partial charge is 0.224 e. The molecule has 3 N–H and O–H groups in total. The van der Waals surface area contributed by atoms with Crippen LogP contribution in [0, 0.1) is 0 Å². The Hall–Kier alpha value is -1.59. The number of ether oxygens (including phenoxy) is 1. The van der Waals surface area contributed by atoms with Crippen LogP contribution in [0.1, 0.15) is 26.7 Å². The molecule has 0 saturated carbocycles. The Kier molecular flexibility index (Phi) is 7.79. The number of hydrogen-bond donors (Lipinski definition) is 2. The van der Waals surface area contributed by atoms with Gasteiger partial charge < -0.3 is 15.8 Å². The Morgan fingerprint density at radius 3 is 2.76 bits per heavy atom. The first kappa shape index (κ1) is 17.5. The molecule has 118 valence electrons. The number of nitrogen functional groups attached to an aromatic ring is 1. The Bertz CT molecular complexity index is 435. The lowest BCUT2D eigenvalue weighted by molar-refractivity contribution is -0.116. The van der Waals surface area contributed by atoms with E-state index in [-0.39, 0.29) is 5.91 Å². The second kappa shape index (κ2) is 9.37. The fourth-order valence-electron chi connectivity index (χ4n) is 2.12. The predicted octanol–water partition coefficient (Wildman–Crippen LogP) is 2.34. The predicted molar refractivity (Wildman–Crippen MR) is 87.3 cm³/mol. The molecule has 0 saturated heterocycles. The van der Waals surface area contributed by atoms with Gasteiger partial charge in [-0.05, 0) is 45.0 Å². The number of methoxy groups -OCH3 is 1. The standard InChI is InChI=1S/C16H27N3O2/c1-13(2)19(10-11-21-3)9-5-8-16(20)18-15-7-4-6-14(17)12-15/h4,6-7,12-13H,5,8-11,17H2,1-3H3,(H,18,20). The molecule has 1 rings (SSSR count). The summed E-state index contributed by atoms with van der Waals surface area (Å²) in [6.07, 6.45) is 1.33. The van der Waals surface area contributed by atoms with Gasteiger partial charge in [0, 0.05) is 37.5 Å². The van der Waals surface area contributed by atoms with Crippen LogP contribution >= 0.6 is 0 Å². The number of nitrogens with two attached hydrogens (primary N) is 1. The van der Waals surface area contributed by atoms with Gasteiger partial charge in [-0.3, -0.25) is 9.69 Å². The summed E-state index contributed by atoms with van der Waals surface area (Å²) < 4.78 is 5.11. The largest absolute Gasteiger partial charge is 0.399 e. The number of benzene rings is 1. The van der Waals surface area contributed by atoms with Gasteiger partial charge in [-0.25, -0.2) is 0 Å². The lowest BCUT2D eigenvalue weighted by Crippen LogP contribution is -2.35. The summed E-state index contributed by atoms with van der Waals surface area (Å²) in [5.41, 5.74) is 7.09.